The molecule has 4 rings (SSSR count). The van der Waals surface area contributed by atoms with E-state index in [1.165, 1.54) is 17.3 Å². The van der Waals surface area contributed by atoms with Crippen LogP contribution in [0, 0.1) is 6.92 Å². The van der Waals surface area contributed by atoms with E-state index in [9.17, 15) is 4.79 Å². The molecule has 1 heterocycles. The summed E-state index contributed by atoms with van der Waals surface area (Å²) in [4.78, 5) is 15.2. The number of hydrogen-bond donors (Lipinski definition) is 0. The second kappa shape index (κ2) is 10.5. The molecule has 1 saturated heterocycles. The van der Waals surface area contributed by atoms with E-state index in [2.05, 4.69) is 35.0 Å². The monoisotopic (exact) mass is 539 g/mol. The molecule has 0 spiro atoms. The fourth-order valence-electron chi connectivity index (χ4n) is 3.30. The number of ether oxygens (including phenoxy) is 2. The van der Waals surface area contributed by atoms with Crippen LogP contribution in [-0.4, -0.2) is 16.8 Å². The maximum absolute atomic E-state index is 13.1. The highest BCUT2D eigenvalue weighted by atomic mass is 79.9. The number of para-hydroxylation sites is 1. The maximum Gasteiger partial charge on any atom is 0.270 e. The summed E-state index contributed by atoms with van der Waals surface area (Å²) >= 11 is 10.4. The molecule has 1 aliphatic heterocycles. The second-order valence-electron chi connectivity index (χ2n) is 7.38. The van der Waals surface area contributed by atoms with Crippen molar-refractivity contribution in [2.24, 2.45) is 0 Å². The zero-order valence-electron chi connectivity index (χ0n) is 18.2. The topological polar surface area (TPSA) is 38.8 Å². The van der Waals surface area contributed by atoms with Crippen LogP contribution in [0.5, 0.6) is 11.5 Å². The van der Waals surface area contributed by atoms with E-state index >= 15 is 0 Å². The van der Waals surface area contributed by atoms with Crippen LogP contribution in [0.15, 0.2) is 76.1 Å². The van der Waals surface area contributed by atoms with E-state index in [0.29, 0.717) is 33.9 Å². The molecular formula is C26H22BrNO3S2. The van der Waals surface area contributed by atoms with Gasteiger partial charge in [0.25, 0.3) is 5.91 Å². The van der Waals surface area contributed by atoms with E-state index in [1.54, 1.807) is 4.90 Å². The van der Waals surface area contributed by atoms with Gasteiger partial charge in [0.05, 0.1) is 17.2 Å². The molecule has 0 saturated carbocycles. The summed E-state index contributed by atoms with van der Waals surface area (Å²) in [7, 11) is 0. The van der Waals surface area contributed by atoms with Crippen LogP contribution in [0.2, 0.25) is 0 Å². The third kappa shape index (κ3) is 5.49. The van der Waals surface area contributed by atoms with Crippen LogP contribution in [0.3, 0.4) is 0 Å². The van der Waals surface area contributed by atoms with Crippen molar-refractivity contribution < 1.29 is 14.3 Å². The lowest BCUT2D eigenvalue weighted by atomic mass is 10.1. The Morgan fingerprint density at radius 3 is 2.42 bits per heavy atom. The van der Waals surface area contributed by atoms with Gasteiger partial charge in [-0.1, -0.05) is 87.9 Å². The molecule has 7 heteroatoms. The lowest BCUT2D eigenvalue weighted by molar-refractivity contribution is -0.113. The lowest BCUT2D eigenvalue weighted by Crippen LogP contribution is -2.27. The van der Waals surface area contributed by atoms with Gasteiger partial charge < -0.3 is 9.47 Å². The van der Waals surface area contributed by atoms with Gasteiger partial charge in [-0.15, -0.1) is 0 Å². The smallest absolute Gasteiger partial charge is 0.270 e. The van der Waals surface area contributed by atoms with Gasteiger partial charge in [0.15, 0.2) is 15.8 Å². The van der Waals surface area contributed by atoms with Crippen LogP contribution in [0.4, 0.5) is 5.69 Å². The van der Waals surface area contributed by atoms with Crippen molar-refractivity contribution in [3.63, 3.8) is 0 Å². The van der Waals surface area contributed by atoms with Crippen LogP contribution < -0.4 is 14.4 Å². The van der Waals surface area contributed by atoms with Gasteiger partial charge in [-0.05, 0) is 55.3 Å². The number of carbonyl (C=O) groups excluding carboxylic acids is 1. The van der Waals surface area contributed by atoms with Gasteiger partial charge >= 0.3 is 0 Å². The van der Waals surface area contributed by atoms with E-state index in [1.807, 2.05) is 67.6 Å². The number of nitrogens with zero attached hydrogens (tertiary/aromatic N) is 1. The molecule has 0 N–H and O–H groups in total. The lowest BCUT2D eigenvalue weighted by Gasteiger charge is -2.15. The minimum Gasteiger partial charge on any atom is -0.490 e. The van der Waals surface area contributed by atoms with Crippen molar-refractivity contribution in [2.75, 3.05) is 11.5 Å². The molecule has 0 aromatic heterocycles. The second-order valence-corrected chi connectivity index (χ2v) is 9.91. The van der Waals surface area contributed by atoms with Crippen molar-refractivity contribution >= 4 is 61.9 Å². The van der Waals surface area contributed by atoms with E-state index in [4.69, 9.17) is 21.7 Å². The molecule has 3 aromatic carbocycles. The molecule has 0 bridgehead atoms. The van der Waals surface area contributed by atoms with Gasteiger partial charge in [0, 0.05) is 4.47 Å². The van der Waals surface area contributed by atoms with Crippen LogP contribution in [0.25, 0.3) is 6.08 Å². The summed E-state index contributed by atoms with van der Waals surface area (Å²) in [5.41, 5.74) is 3.86. The van der Waals surface area contributed by atoms with E-state index in [0.717, 1.165) is 21.3 Å². The number of thiocarbonyl (C=S) groups is 1. The largest absolute Gasteiger partial charge is 0.490 e. The summed E-state index contributed by atoms with van der Waals surface area (Å²) in [5, 5.41) is 0. The molecule has 3 aromatic rings. The maximum atomic E-state index is 13.1. The minimum atomic E-state index is -0.138. The van der Waals surface area contributed by atoms with Gasteiger partial charge in [0.2, 0.25) is 0 Å². The molecule has 0 unspecified atom stereocenters. The van der Waals surface area contributed by atoms with Gasteiger partial charge in [-0.25, -0.2) is 0 Å². The summed E-state index contributed by atoms with van der Waals surface area (Å²) in [6, 6.07) is 21.4. The number of hydrogen-bond acceptors (Lipinski definition) is 5. The highest BCUT2D eigenvalue weighted by molar-refractivity contribution is 9.10. The molecule has 1 fully saturated rings. The van der Waals surface area contributed by atoms with Crippen LogP contribution in [-0.2, 0) is 11.4 Å². The average molecular weight is 541 g/mol. The van der Waals surface area contributed by atoms with Crippen molar-refractivity contribution in [1.82, 2.24) is 0 Å². The Morgan fingerprint density at radius 2 is 1.73 bits per heavy atom. The van der Waals surface area contributed by atoms with E-state index < -0.39 is 0 Å². The van der Waals surface area contributed by atoms with Gasteiger partial charge in [0.1, 0.15) is 6.61 Å². The van der Waals surface area contributed by atoms with Crippen molar-refractivity contribution in [3.8, 4) is 11.5 Å². The summed E-state index contributed by atoms with van der Waals surface area (Å²) < 4.78 is 13.2. The zero-order valence-corrected chi connectivity index (χ0v) is 21.4. The number of thioether (sulfide) groups is 1. The Labute approximate surface area is 211 Å². The average Bonchev–Trinajstić information content (AvgIpc) is 3.09. The van der Waals surface area contributed by atoms with Crippen molar-refractivity contribution in [1.29, 1.82) is 0 Å². The van der Waals surface area contributed by atoms with Gasteiger partial charge in [-0.2, -0.15) is 0 Å². The molecule has 0 atom stereocenters. The predicted molar refractivity (Wildman–Crippen MR) is 143 cm³/mol. The number of aryl methyl sites for hydroxylation is 1. The summed E-state index contributed by atoms with van der Waals surface area (Å²) in [6.07, 6.45) is 1.83. The molecule has 0 radical (unpaired) electrons. The number of halogens is 1. The molecule has 4 nitrogen and oxygen atoms in total. The normalized spacial score (nSPS) is 14.8. The molecular weight excluding hydrogens is 518 g/mol. The standard InChI is InChI=1S/C26H22BrNO3S2/c1-3-30-22-13-19(21(27)15-23(22)31-16-18-11-9-17(2)10-12-18)14-24-25(29)28(26(32)33-24)20-7-5-4-6-8-20/h4-15H,3,16H2,1-2H3/b24-14+. The van der Waals surface area contributed by atoms with Gasteiger partial charge in [-0.3, -0.25) is 9.69 Å². The number of rotatable bonds is 7. The third-order valence-electron chi connectivity index (χ3n) is 4.97. The fraction of sp³-hybridized carbons (Fsp3) is 0.154. The first-order valence-electron chi connectivity index (χ1n) is 10.4. The Bertz CT molecular complexity index is 1210. The van der Waals surface area contributed by atoms with Crippen LogP contribution in [0.1, 0.15) is 23.6 Å². The third-order valence-corrected chi connectivity index (χ3v) is 6.96. The quantitative estimate of drug-likeness (QED) is 0.235. The molecule has 33 heavy (non-hydrogen) atoms. The first-order valence-corrected chi connectivity index (χ1v) is 12.5. The highest BCUT2D eigenvalue weighted by Crippen LogP contribution is 2.39. The number of carbonyl (C=O) groups is 1. The Morgan fingerprint density at radius 1 is 1.03 bits per heavy atom. The van der Waals surface area contributed by atoms with Crippen LogP contribution >= 0.6 is 39.9 Å². The Balaban J connectivity index is 1.59. The molecule has 168 valence electrons. The highest BCUT2D eigenvalue weighted by Gasteiger charge is 2.33. The van der Waals surface area contributed by atoms with Crippen molar-refractivity contribution in [3.05, 3.63) is 92.8 Å². The molecule has 1 aliphatic rings. The fourth-order valence-corrected chi connectivity index (χ4v) is 5.02. The molecule has 1 amide bonds. The number of benzene rings is 3. The van der Waals surface area contributed by atoms with E-state index in [-0.39, 0.29) is 5.91 Å². The predicted octanol–water partition coefficient (Wildman–Crippen LogP) is 7.14. The summed E-state index contributed by atoms with van der Waals surface area (Å²) in [5.74, 6) is 1.12. The minimum absolute atomic E-state index is 0.138. The van der Waals surface area contributed by atoms with Crippen molar-refractivity contribution in [2.45, 2.75) is 20.5 Å². The number of amides is 1. The zero-order chi connectivity index (χ0) is 23.4. The first kappa shape index (κ1) is 23.5. The summed E-state index contributed by atoms with van der Waals surface area (Å²) in [6.45, 7) is 4.91. The SMILES string of the molecule is CCOc1cc(/C=C2/SC(=S)N(c3ccccc3)C2=O)c(Br)cc1OCc1ccc(C)cc1. The Hall–Kier alpha value is -2.61. The number of anilines is 1. The Kier molecular flexibility index (Phi) is 7.53. The molecule has 0 aliphatic carbocycles. The first-order chi connectivity index (χ1) is 16.0.